The third-order valence-corrected chi connectivity index (χ3v) is 4.30. The van der Waals surface area contributed by atoms with Crippen molar-refractivity contribution in [1.29, 1.82) is 0 Å². The summed E-state index contributed by atoms with van der Waals surface area (Å²) in [6.07, 6.45) is 0. The van der Waals surface area contributed by atoms with E-state index in [-0.39, 0.29) is 24.9 Å². The highest BCUT2D eigenvalue weighted by molar-refractivity contribution is 6.10. The van der Waals surface area contributed by atoms with Crippen LogP contribution in [0.2, 0.25) is 0 Å². The molecule has 6 heteroatoms. The zero-order valence-corrected chi connectivity index (χ0v) is 15.1. The molecule has 1 aliphatic rings. The molecule has 6 nitrogen and oxygen atoms in total. The van der Waals surface area contributed by atoms with Crippen LogP contribution >= 0.6 is 0 Å². The highest BCUT2D eigenvalue weighted by atomic mass is 16.5. The molecule has 0 fully saturated rings. The van der Waals surface area contributed by atoms with Crippen molar-refractivity contribution in [1.82, 2.24) is 4.90 Å². The second kappa shape index (κ2) is 8.01. The van der Waals surface area contributed by atoms with Gasteiger partial charge in [0.15, 0.2) is 0 Å². The van der Waals surface area contributed by atoms with Gasteiger partial charge in [-0.1, -0.05) is 30.3 Å². The molecule has 2 aromatic rings. The molecule has 0 bridgehead atoms. The summed E-state index contributed by atoms with van der Waals surface area (Å²) >= 11 is 0. The first-order valence-corrected chi connectivity index (χ1v) is 8.61. The van der Waals surface area contributed by atoms with E-state index in [0.29, 0.717) is 18.8 Å². The fourth-order valence-corrected chi connectivity index (χ4v) is 2.88. The first-order chi connectivity index (χ1) is 12.5. The Balaban J connectivity index is 1.55. The van der Waals surface area contributed by atoms with E-state index in [1.54, 1.807) is 6.07 Å². The van der Waals surface area contributed by atoms with Gasteiger partial charge in [-0.3, -0.25) is 19.4 Å². The number of amides is 2. The molecule has 1 N–H and O–H groups in total. The number of benzene rings is 2. The van der Waals surface area contributed by atoms with Crippen molar-refractivity contribution in [2.45, 2.75) is 6.92 Å². The quantitative estimate of drug-likeness (QED) is 0.866. The maximum Gasteiger partial charge on any atom is 0.244 e. The van der Waals surface area contributed by atoms with Gasteiger partial charge in [-0.2, -0.15) is 0 Å². The molecule has 1 heterocycles. The molecule has 0 aliphatic carbocycles. The van der Waals surface area contributed by atoms with Crippen molar-refractivity contribution in [3.8, 4) is 5.75 Å². The lowest BCUT2D eigenvalue weighted by atomic mass is 10.2. The zero-order valence-electron chi connectivity index (χ0n) is 15.1. The number of carbonyl (C=O) groups is 2. The molecule has 2 amide bonds. The third kappa shape index (κ3) is 4.21. The summed E-state index contributed by atoms with van der Waals surface area (Å²) < 4.78 is 5.78. The predicted octanol–water partition coefficient (Wildman–Crippen LogP) is 2.29. The number of likely N-dealkylation sites (N-methyl/N-ethyl adjacent to an activating group) is 1. The van der Waals surface area contributed by atoms with E-state index in [1.165, 1.54) is 4.90 Å². The van der Waals surface area contributed by atoms with Gasteiger partial charge in [0, 0.05) is 6.54 Å². The Kier molecular flexibility index (Phi) is 5.53. The van der Waals surface area contributed by atoms with Crippen LogP contribution in [0.15, 0.2) is 48.5 Å². The summed E-state index contributed by atoms with van der Waals surface area (Å²) in [5.74, 6) is 0.571. The lowest BCUT2D eigenvalue weighted by Gasteiger charge is -2.30. The molecule has 1 aliphatic heterocycles. The van der Waals surface area contributed by atoms with E-state index in [0.717, 1.165) is 17.0 Å². The Morgan fingerprint density at radius 2 is 1.92 bits per heavy atom. The topological polar surface area (TPSA) is 61.9 Å². The summed E-state index contributed by atoms with van der Waals surface area (Å²) in [6.45, 7) is 3.37. The highest BCUT2D eigenvalue weighted by Crippen LogP contribution is 2.28. The first-order valence-electron chi connectivity index (χ1n) is 8.61. The SMILES string of the molecule is Cc1ccccc1OCCN(C)CC(=O)N1CC(=O)Nc2ccccc21. The van der Waals surface area contributed by atoms with Crippen LogP contribution in [0.3, 0.4) is 0 Å². The molecule has 0 radical (unpaired) electrons. The molecular weight excluding hydrogens is 330 g/mol. The number of nitrogens with zero attached hydrogens (tertiary/aromatic N) is 2. The molecule has 0 saturated carbocycles. The second-order valence-electron chi connectivity index (χ2n) is 6.40. The van der Waals surface area contributed by atoms with Crippen LogP contribution in [0.4, 0.5) is 11.4 Å². The van der Waals surface area contributed by atoms with Crippen LogP contribution in [-0.4, -0.2) is 50.0 Å². The summed E-state index contributed by atoms with van der Waals surface area (Å²) in [5, 5.41) is 2.79. The average Bonchev–Trinajstić information content (AvgIpc) is 2.62. The van der Waals surface area contributed by atoms with E-state index in [4.69, 9.17) is 4.74 Å². The fourth-order valence-electron chi connectivity index (χ4n) is 2.88. The van der Waals surface area contributed by atoms with Crippen LogP contribution in [0.1, 0.15) is 5.56 Å². The van der Waals surface area contributed by atoms with Gasteiger partial charge in [-0.05, 0) is 37.7 Å². The number of ether oxygens (including phenoxy) is 1. The molecule has 136 valence electrons. The molecule has 2 aromatic carbocycles. The van der Waals surface area contributed by atoms with Gasteiger partial charge in [0.25, 0.3) is 0 Å². The number of hydrogen-bond donors (Lipinski definition) is 1. The van der Waals surface area contributed by atoms with Gasteiger partial charge < -0.3 is 10.1 Å². The summed E-state index contributed by atoms with van der Waals surface area (Å²) in [7, 11) is 1.87. The molecule has 0 spiro atoms. The average molecular weight is 353 g/mol. The van der Waals surface area contributed by atoms with Gasteiger partial charge in [0.2, 0.25) is 11.8 Å². The number of anilines is 2. The lowest BCUT2D eigenvalue weighted by Crippen LogP contribution is -2.46. The monoisotopic (exact) mass is 353 g/mol. The van der Waals surface area contributed by atoms with Crippen molar-refractivity contribution in [2.75, 3.05) is 43.5 Å². The molecule has 0 aromatic heterocycles. The molecule has 0 saturated heterocycles. The Hall–Kier alpha value is -2.86. The Labute approximate surface area is 153 Å². The molecule has 3 rings (SSSR count). The Bertz CT molecular complexity index is 806. The van der Waals surface area contributed by atoms with Gasteiger partial charge in [-0.15, -0.1) is 0 Å². The maximum absolute atomic E-state index is 12.7. The Morgan fingerprint density at radius 3 is 2.73 bits per heavy atom. The van der Waals surface area contributed by atoms with Gasteiger partial charge in [-0.25, -0.2) is 0 Å². The number of rotatable bonds is 6. The minimum Gasteiger partial charge on any atom is -0.492 e. The normalized spacial score (nSPS) is 13.3. The number of nitrogens with one attached hydrogen (secondary N) is 1. The minimum atomic E-state index is -0.178. The summed E-state index contributed by atoms with van der Waals surface area (Å²) in [6, 6.07) is 15.2. The lowest BCUT2D eigenvalue weighted by molar-refractivity contribution is -0.122. The van der Waals surface area contributed by atoms with Gasteiger partial charge >= 0.3 is 0 Å². The highest BCUT2D eigenvalue weighted by Gasteiger charge is 2.26. The van der Waals surface area contributed by atoms with E-state index in [1.807, 2.05) is 61.3 Å². The van der Waals surface area contributed by atoms with Crippen molar-refractivity contribution < 1.29 is 14.3 Å². The van der Waals surface area contributed by atoms with Crippen molar-refractivity contribution in [3.05, 3.63) is 54.1 Å². The minimum absolute atomic E-state index is 0.0450. The van der Waals surface area contributed by atoms with Crippen LogP contribution in [-0.2, 0) is 9.59 Å². The first kappa shape index (κ1) is 17.9. The van der Waals surface area contributed by atoms with Crippen molar-refractivity contribution in [3.63, 3.8) is 0 Å². The molecule has 26 heavy (non-hydrogen) atoms. The third-order valence-electron chi connectivity index (χ3n) is 4.30. The maximum atomic E-state index is 12.7. The van der Waals surface area contributed by atoms with Gasteiger partial charge in [0.1, 0.15) is 18.9 Å². The van der Waals surface area contributed by atoms with Crippen LogP contribution in [0.5, 0.6) is 5.75 Å². The van der Waals surface area contributed by atoms with E-state index in [2.05, 4.69) is 5.32 Å². The standard InChI is InChI=1S/C20H23N3O3/c1-15-7-3-6-10-18(15)26-12-11-22(2)14-20(25)23-13-19(24)21-16-8-4-5-9-17(16)23/h3-10H,11-14H2,1-2H3,(H,21,24). The number of carbonyl (C=O) groups excluding carboxylic acids is 2. The molecule has 0 atom stereocenters. The number of hydrogen-bond acceptors (Lipinski definition) is 4. The zero-order chi connectivity index (χ0) is 18.5. The molecular formula is C20H23N3O3. The van der Waals surface area contributed by atoms with E-state index in [9.17, 15) is 9.59 Å². The Morgan fingerprint density at radius 1 is 1.19 bits per heavy atom. The van der Waals surface area contributed by atoms with Crippen molar-refractivity contribution >= 4 is 23.2 Å². The van der Waals surface area contributed by atoms with Gasteiger partial charge in [0.05, 0.1) is 17.9 Å². The van der Waals surface area contributed by atoms with Crippen LogP contribution in [0.25, 0.3) is 0 Å². The summed E-state index contributed by atoms with van der Waals surface area (Å²) in [4.78, 5) is 27.9. The molecule has 0 unspecified atom stereocenters. The smallest absolute Gasteiger partial charge is 0.244 e. The van der Waals surface area contributed by atoms with Crippen LogP contribution in [0, 0.1) is 6.92 Å². The summed E-state index contributed by atoms with van der Waals surface area (Å²) in [5.41, 5.74) is 2.49. The number of aryl methyl sites for hydroxylation is 1. The predicted molar refractivity (Wildman–Crippen MR) is 102 cm³/mol. The van der Waals surface area contributed by atoms with Crippen molar-refractivity contribution in [2.24, 2.45) is 0 Å². The van der Waals surface area contributed by atoms with E-state index >= 15 is 0 Å². The van der Waals surface area contributed by atoms with E-state index < -0.39 is 0 Å². The number of para-hydroxylation sites is 3. The van der Waals surface area contributed by atoms with Crippen LogP contribution < -0.4 is 15.0 Å². The fraction of sp³-hybridized carbons (Fsp3) is 0.300. The number of fused-ring (bicyclic) bond motifs is 1. The second-order valence-corrected chi connectivity index (χ2v) is 6.40. The largest absolute Gasteiger partial charge is 0.492 e.